The largest absolute Gasteiger partial charge is 0.506 e. The number of para-hydroxylation sites is 1. The summed E-state index contributed by atoms with van der Waals surface area (Å²) in [6.45, 7) is 4.89. The molecule has 0 aliphatic carbocycles. The van der Waals surface area contributed by atoms with Gasteiger partial charge in [-0.2, -0.15) is 0 Å². The molecule has 0 fully saturated rings. The van der Waals surface area contributed by atoms with Crippen molar-refractivity contribution in [2.24, 2.45) is 5.41 Å². The van der Waals surface area contributed by atoms with Gasteiger partial charge in [0.05, 0.1) is 21.4 Å². The van der Waals surface area contributed by atoms with Crippen LogP contribution in [0.2, 0.25) is 5.02 Å². The lowest BCUT2D eigenvalue weighted by atomic mass is 9.79. The molecule has 0 radical (unpaired) electrons. The van der Waals surface area contributed by atoms with Crippen LogP contribution in [0.3, 0.4) is 0 Å². The molecular weight excluding hydrogens is 406 g/mol. The van der Waals surface area contributed by atoms with Crippen LogP contribution in [-0.4, -0.2) is 25.8 Å². The molecule has 1 N–H and O–H groups in total. The van der Waals surface area contributed by atoms with Crippen LogP contribution in [-0.2, 0) is 9.84 Å². The van der Waals surface area contributed by atoms with E-state index >= 15 is 0 Å². The number of benzene rings is 2. The molecule has 2 aromatic rings. The highest BCUT2D eigenvalue weighted by molar-refractivity contribution is 7.91. The Balaban J connectivity index is 2.22. The third-order valence-electron chi connectivity index (χ3n) is 5.83. The fourth-order valence-corrected chi connectivity index (χ4v) is 6.59. The van der Waals surface area contributed by atoms with Crippen LogP contribution in [0.1, 0.15) is 52.4 Å². The second kappa shape index (κ2) is 8.97. The Bertz CT molecular complexity index is 936. The first-order chi connectivity index (χ1) is 13.8. The molecule has 0 unspecified atom stereocenters. The Kier molecular flexibility index (Phi) is 6.79. The molecule has 1 aliphatic heterocycles. The highest BCUT2D eigenvalue weighted by Crippen LogP contribution is 2.47. The molecule has 0 bridgehead atoms. The molecule has 4 nitrogen and oxygen atoms in total. The van der Waals surface area contributed by atoms with Crippen molar-refractivity contribution < 1.29 is 13.5 Å². The Morgan fingerprint density at radius 3 is 2.28 bits per heavy atom. The molecule has 1 heterocycles. The molecule has 0 saturated carbocycles. The number of sulfone groups is 1. The minimum Gasteiger partial charge on any atom is -0.506 e. The van der Waals surface area contributed by atoms with Gasteiger partial charge in [-0.25, -0.2) is 8.42 Å². The minimum atomic E-state index is -3.59. The first-order valence-electron chi connectivity index (χ1n) is 10.4. The summed E-state index contributed by atoms with van der Waals surface area (Å²) in [7, 11) is -3.59. The molecular formula is C23H30ClNO3S. The van der Waals surface area contributed by atoms with Crippen LogP contribution in [0.25, 0.3) is 0 Å². The molecule has 0 spiro atoms. The van der Waals surface area contributed by atoms with Crippen molar-refractivity contribution in [1.82, 2.24) is 0 Å². The number of rotatable bonds is 7. The van der Waals surface area contributed by atoms with Crippen molar-refractivity contribution in [3.05, 3.63) is 47.5 Å². The summed E-state index contributed by atoms with van der Waals surface area (Å²) in [6.07, 6.45) is 5.76. The maximum absolute atomic E-state index is 13.5. The minimum absolute atomic E-state index is 0.0946. The Labute approximate surface area is 179 Å². The number of anilines is 2. The molecule has 158 valence electrons. The van der Waals surface area contributed by atoms with Gasteiger partial charge in [-0.1, -0.05) is 69.3 Å². The standard InChI is InChI=1S/C23H30ClNO3S/c1-3-5-12-23(13-6-4-2)16-25(18-10-8-7-9-11-18)20-14-19(24)21(26)15-22(20)29(27,28)17-23/h7-11,14-15,26H,3-6,12-13,16-17H2,1-2H3. The molecule has 0 amide bonds. The lowest BCUT2D eigenvalue weighted by molar-refractivity contribution is 0.270. The van der Waals surface area contributed by atoms with Crippen molar-refractivity contribution in [1.29, 1.82) is 0 Å². The van der Waals surface area contributed by atoms with Crippen LogP contribution in [0.15, 0.2) is 47.4 Å². The lowest BCUT2D eigenvalue weighted by Crippen LogP contribution is -2.38. The van der Waals surface area contributed by atoms with Gasteiger partial charge in [-0.3, -0.25) is 0 Å². The predicted molar refractivity (Wildman–Crippen MR) is 120 cm³/mol. The van der Waals surface area contributed by atoms with Gasteiger partial charge in [0, 0.05) is 23.7 Å². The summed E-state index contributed by atoms with van der Waals surface area (Å²) in [5.41, 5.74) is 1.14. The van der Waals surface area contributed by atoms with E-state index in [1.165, 1.54) is 6.07 Å². The SMILES string of the molecule is CCCCC1(CCCC)CN(c2ccccc2)c2cc(Cl)c(O)cc2S(=O)(=O)C1. The lowest BCUT2D eigenvalue weighted by Gasteiger charge is -2.37. The van der Waals surface area contributed by atoms with E-state index in [-0.39, 0.29) is 26.8 Å². The maximum Gasteiger partial charge on any atom is 0.181 e. The van der Waals surface area contributed by atoms with Gasteiger partial charge in [0.25, 0.3) is 0 Å². The molecule has 0 atom stereocenters. The predicted octanol–water partition coefficient (Wildman–Crippen LogP) is 6.34. The third kappa shape index (κ3) is 4.72. The highest BCUT2D eigenvalue weighted by atomic mass is 35.5. The van der Waals surface area contributed by atoms with E-state index in [0.29, 0.717) is 12.2 Å². The normalized spacial score (nSPS) is 17.6. The Morgan fingerprint density at radius 1 is 1.07 bits per heavy atom. The summed E-state index contributed by atoms with van der Waals surface area (Å²) < 4.78 is 27.0. The molecule has 1 aliphatic rings. The topological polar surface area (TPSA) is 57.6 Å². The highest BCUT2D eigenvalue weighted by Gasteiger charge is 2.42. The van der Waals surface area contributed by atoms with E-state index in [1.54, 1.807) is 6.07 Å². The van der Waals surface area contributed by atoms with E-state index in [2.05, 4.69) is 18.7 Å². The van der Waals surface area contributed by atoms with Gasteiger partial charge >= 0.3 is 0 Å². The van der Waals surface area contributed by atoms with E-state index in [4.69, 9.17) is 11.6 Å². The van der Waals surface area contributed by atoms with E-state index in [0.717, 1.165) is 44.2 Å². The number of hydrogen-bond donors (Lipinski definition) is 1. The number of halogens is 1. The van der Waals surface area contributed by atoms with E-state index in [1.807, 2.05) is 30.3 Å². The second-order valence-corrected chi connectivity index (χ2v) is 10.5. The number of nitrogens with zero attached hydrogens (tertiary/aromatic N) is 1. The van der Waals surface area contributed by atoms with Crippen LogP contribution in [0, 0.1) is 5.41 Å². The number of fused-ring (bicyclic) bond motifs is 1. The van der Waals surface area contributed by atoms with Gasteiger partial charge < -0.3 is 10.0 Å². The zero-order valence-corrected chi connectivity index (χ0v) is 18.8. The summed E-state index contributed by atoms with van der Waals surface area (Å²) in [5, 5.41) is 10.3. The summed E-state index contributed by atoms with van der Waals surface area (Å²) in [6, 6.07) is 12.8. The molecule has 0 aromatic heterocycles. The quantitative estimate of drug-likeness (QED) is 0.551. The van der Waals surface area contributed by atoms with Gasteiger partial charge in [-0.15, -0.1) is 0 Å². The Morgan fingerprint density at radius 2 is 1.69 bits per heavy atom. The zero-order valence-electron chi connectivity index (χ0n) is 17.2. The average Bonchev–Trinajstić information content (AvgIpc) is 2.79. The van der Waals surface area contributed by atoms with E-state index in [9.17, 15) is 13.5 Å². The third-order valence-corrected chi connectivity index (χ3v) is 8.13. The first-order valence-corrected chi connectivity index (χ1v) is 12.4. The smallest absolute Gasteiger partial charge is 0.181 e. The summed E-state index contributed by atoms with van der Waals surface area (Å²) in [4.78, 5) is 2.24. The first kappa shape index (κ1) is 22.0. The number of phenolic OH excluding ortho intramolecular Hbond substituents is 1. The number of hydrogen-bond acceptors (Lipinski definition) is 4. The zero-order chi connectivity index (χ0) is 21.1. The Hall–Kier alpha value is -1.72. The van der Waals surface area contributed by atoms with Crippen LogP contribution < -0.4 is 4.90 Å². The molecule has 0 saturated heterocycles. The van der Waals surface area contributed by atoms with Crippen molar-refractivity contribution in [3.8, 4) is 5.75 Å². The fraction of sp³-hybridized carbons (Fsp3) is 0.478. The monoisotopic (exact) mass is 435 g/mol. The molecule has 2 aromatic carbocycles. The van der Waals surface area contributed by atoms with Gasteiger partial charge in [0.1, 0.15) is 5.75 Å². The van der Waals surface area contributed by atoms with Crippen molar-refractivity contribution >= 4 is 32.8 Å². The summed E-state index contributed by atoms with van der Waals surface area (Å²) >= 11 is 6.21. The molecule has 29 heavy (non-hydrogen) atoms. The van der Waals surface area contributed by atoms with Crippen molar-refractivity contribution in [3.63, 3.8) is 0 Å². The van der Waals surface area contributed by atoms with Crippen LogP contribution >= 0.6 is 11.6 Å². The summed E-state index contributed by atoms with van der Waals surface area (Å²) in [5.74, 6) is -0.103. The van der Waals surface area contributed by atoms with Gasteiger partial charge in [-0.05, 0) is 31.0 Å². The molecule has 3 rings (SSSR count). The van der Waals surface area contributed by atoms with Gasteiger partial charge in [0.2, 0.25) is 0 Å². The maximum atomic E-state index is 13.5. The van der Waals surface area contributed by atoms with Crippen LogP contribution in [0.4, 0.5) is 11.4 Å². The van der Waals surface area contributed by atoms with Crippen molar-refractivity contribution in [2.75, 3.05) is 17.2 Å². The van der Waals surface area contributed by atoms with Crippen molar-refractivity contribution in [2.45, 2.75) is 57.3 Å². The second-order valence-electron chi connectivity index (χ2n) is 8.16. The van der Waals surface area contributed by atoms with E-state index < -0.39 is 9.84 Å². The number of unbranched alkanes of at least 4 members (excludes halogenated alkanes) is 2. The van der Waals surface area contributed by atoms with Crippen LogP contribution in [0.5, 0.6) is 5.75 Å². The average molecular weight is 436 g/mol. The molecule has 6 heteroatoms. The fourth-order valence-electron chi connectivity index (χ4n) is 4.31. The van der Waals surface area contributed by atoms with Gasteiger partial charge in [0.15, 0.2) is 9.84 Å². The number of aromatic hydroxyl groups is 1. The number of phenols is 1.